The second kappa shape index (κ2) is 10.5. The Hall–Kier alpha value is -4.58. The number of hydrogen-bond donors (Lipinski definition) is 4. The summed E-state index contributed by atoms with van der Waals surface area (Å²) in [5.74, 6) is -2.47. The second-order valence-corrected chi connectivity index (χ2v) is 11.5. The summed E-state index contributed by atoms with van der Waals surface area (Å²) in [7, 11) is -4.53. The lowest BCUT2D eigenvalue weighted by molar-refractivity contribution is -0.151. The minimum absolute atomic E-state index is 0.0104. The first-order valence-electron chi connectivity index (χ1n) is 12.5. The number of pyridine rings is 1. The number of alkyl halides is 6. The van der Waals surface area contributed by atoms with Gasteiger partial charge in [0.25, 0.3) is 0 Å². The van der Waals surface area contributed by atoms with Crippen molar-refractivity contribution in [3.05, 3.63) is 71.0 Å². The number of hydrogen-bond acceptors (Lipinski definition) is 8. The summed E-state index contributed by atoms with van der Waals surface area (Å²) < 4.78 is 119. The van der Waals surface area contributed by atoms with Crippen LogP contribution in [0.15, 0.2) is 53.4 Å². The van der Waals surface area contributed by atoms with Gasteiger partial charge < -0.3 is 16.4 Å². The lowest BCUT2D eigenvalue weighted by atomic mass is 10.0. The van der Waals surface area contributed by atoms with E-state index in [1.807, 2.05) is 0 Å². The number of amides is 1. The van der Waals surface area contributed by atoms with E-state index in [0.29, 0.717) is 12.1 Å². The third kappa shape index (κ3) is 6.21. The normalized spacial score (nSPS) is 14.8. The van der Waals surface area contributed by atoms with Crippen LogP contribution in [0.3, 0.4) is 0 Å². The zero-order chi connectivity index (χ0) is 32.2. The summed E-state index contributed by atoms with van der Waals surface area (Å²) >= 11 is 0. The molecule has 0 spiro atoms. The summed E-state index contributed by atoms with van der Waals surface area (Å²) in [6, 6.07) is 7.75. The molecule has 6 N–H and O–H groups in total. The molecule has 2 heterocycles. The Morgan fingerprint density at radius 3 is 2.25 bits per heavy atom. The van der Waals surface area contributed by atoms with Gasteiger partial charge in [-0.25, -0.2) is 27.9 Å². The molecule has 0 atom stereocenters. The van der Waals surface area contributed by atoms with Crippen LogP contribution < -0.4 is 21.5 Å². The Kier molecular flexibility index (Phi) is 7.40. The zero-order valence-electron chi connectivity index (χ0n) is 22.0. The lowest BCUT2D eigenvalue weighted by Crippen LogP contribution is -2.39. The number of primary amides is 1. The van der Waals surface area contributed by atoms with E-state index in [4.69, 9.17) is 10.9 Å². The highest BCUT2D eigenvalue weighted by atomic mass is 32.2. The maximum Gasteiger partial charge on any atom is 0.416 e. The Balaban J connectivity index is 1.58. The van der Waals surface area contributed by atoms with Gasteiger partial charge in [-0.2, -0.15) is 31.3 Å². The molecule has 0 saturated heterocycles. The van der Waals surface area contributed by atoms with Crippen molar-refractivity contribution in [3.8, 4) is 11.3 Å². The molecule has 2 aromatic heterocycles. The number of carbonyl (C=O) groups excluding carboxylic acids is 1. The van der Waals surface area contributed by atoms with E-state index < -0.39 is 62.5 Å². The molecule has 0 radical (unpaired) electrons. The average molecular weight is 644 g/mol. The topological polar surface area (TPSA) is 166 Å². The molecule has 2 aromatic carbocycles. The van der Waals surface area contributed by atoms with Crippen LogP contribution in [0.25, 0.3) is 22.3 Å². The second-order valence-electron chi connectivity index (χ2n) is 9.98. The van der Waals surface area contributed by atoms with Crippen molar-refractivity contribution in [3.63, 3.8) is 0 Å². The molecule has 232 valence electrons. The molecule has 10 nitrogen and oxygen atoms in total. The van der Waals surface area contributed by atoms with E-state index in [0.717, 1.165) is 18.2 Å². The Morgan fingerprint density at radius 2 is 1.66 bits per heavy atom. The van der Waals surface area contributed by atoms with Gasteiger partial charge in [-0.3, -0.25) is 4.79 Å². The maximum atomic E-state index is 13.9. The number of carbonyl (C=O) groups is 1. The number of primary sulfonamides is 1. The predicted molar refractivity (Wildman–Crippen MR) is 143 cm³/mol. The number of sulfonamides is 1. The summed E-state index contributed by atoms with van der Waals surface area (Å²) in [5, 5.41) is 9.98. The van der Waals surface area contributed by atoms with Crippen LogP contribution in [0.1, 0.15) is 34.3 Å². The molecule has 0 unspecified atom stereocenters. The van der Waals surface area contributed by atoms with Gasteiger partial charge in [-0.15, -0.1) is 0 Å². The number of anilines is 2. The minimum atomic E-state index is -4.91. The van der Waals surface area contributed by atoms with Crippen molar-refractivity contribution in [1.82, 2.24) is 15.0 Å². The minimum Gasteiger partial charge on any atom is -0.366 e. The van der Waals surface area contributed by atoms with E-state index in [2.05, 4.69) is 25.6 Å². The van der Waals surface area contributed by atoms with Gasteiger partial charge in [-0.1, -0.05) is 0 Å². The first-order valence-corrected chi connectivity index (χ1v) is 14.0. The Bertz CT molecular complexity index is 1910. The molecule has 18 heteroatoms. The summed E-state index contributed by atoms with van der Waals surface area (Å²) in [4.78, 5) is 23.7. The average Bonchev–Trinajstić information content (AvgIpc) is 3.71. The molecule has 0 aliphatic heterocycles. The van der Waals surface area contributed by atoms with Gasteiger partial charge in [0.05, 0.1) is 27.2 Å². The van der Waals surface area contributed by atoms with Crippen molar-refractivity contribution in [2.75, 3.05) is 10.6 Å². The van der Waals surface area contributed by atoms with Crippen LogP contribution in [0.5, 0.6) is 0 Å². The number of aromatic nitrogens is 3. The standard InChI is InChI=1S/C26H20F7N7O3S/c27-14-1-2-16(17(10-14)21(34)41)18-3-4-19-20(37-18)22(40-24(5-6-24)26(31,32)33)39-23(38-19)36-11-12-7-13(25(28,29)30)9-15(8-12)44(35,42)43/h1-4,7-10H,5-6,11H2,(H2,34,41)(H2,35,42,43)(H2,36,38,39,40). The van der Waals surface area contributed by atoms with Crippen molar-refractivity contribution in [1.29, 1.82) is 0 Å². The fraction of sp³-hybridized carbons (Fsp3) is 0.231. The fourth-order valence-corrected chi connectivity index (χ4v) is 4.98. The first kappa shape index (κ1) is 30.9. The van der Waals surface area contributed by atoms with Crippen molar-refractivity contribution < 1.29 is 43.9 Å². The third-order valence-electron chi connectivity index (χ3n) is 6.79. The van der Waals surface area contributed by atoms with Gasteiger partial charge in [0.15, 0.2) is 5.82 Å². The number of benzene rings is 2. The number of rotatable bonds is 8. The van der Waals surface area contributed by atoms with Crippen molar-refractivity contribution in [2.45, 2.75) is 42.2 Å². The van der Waals surface area contributed by atoms with Gasteiger partial charge in [0.1, 0.15) is 16.9 Å². The molecule has 4 aromatic rings. The van der Waals surface area contributed by atoms with Crippen LogP contribution in [0.4, 0.5) is 42.5 Å². The lowest BCUT2D eigenvalue weighted by Gasteiger charge is -2.22. The Morgan fingerprint density at radius 1 is 0.955 bits per heavy atom. The number of halogens is 7. The highest BCUT2D eigenvalue weighted by Crippen LogP contribution is 2.51. The molecule has 5 rings (SSSR count). The molecule has 1 aliphatic rings. The van der Waals surface area contributed by atoms with E-state index in [1.165, 1.54) is 18.2 Å². The number of nitrogens with zero attached hydrogens (tertiary/aromatic N) is 3. The highest BCUT2D eigenvalue weighted by Gasteiger charge is 2.64. The van der Waals surface area contributed by atoms with Crippen LogP contribution in [-0.4, -0.2) is 41.0 Å². The van der Waals surface area contributed by atoms with Gasteiger partial charge in [-0.05, 0) is 66.9 Å². The number of nitrogens with two attached hydrogens (primary N) is 2. The van der Waals surface area contributed by atoms with Crippen LogP contribution in [0, 0.1) is 5.82 Å². The van der Waals surface area contributed by atoms with Crippen LogP contribution in [0.2, 0.25) is 0 Å². The van der Waals surface area contributed by atoms with Crippen molar-refractivity contribution >= 4 is 38.7 Å². The number of nitrogens with one attached hydrogen (secondary N) is 2. The summed E-state index contributed by atoms with van der Waals surface area (Å²) in [5.41, 5.74) is 1.25. The SMILES string of the molecule is NC(=O)c1cc(F)ccc1-c1ccc2nc(NCc3cc(C(F)(F)F)cc(S(N)(=O)=O)c3)nc(NC3(C(F)(F)F)CC3)c2n1. The fourth-order valence-electron chi connectivity index (χ4n) is 4.38. The molecular weight excluding hydrogens is 623 g/mol. The molecule has 1 saturated carbocycles. The summed E-state index contributed by atoms with van der Waals surface area (Å²) in [6.45, 7) is -0.481. The van der Waals surface area contributed by atoms with E-state index in [-0.39, 0.29) is 52.2 Å². The monoisotopic (exact) mass is 643 g/mol. The van der Waals surface area contributed by atoms with E-state index in [9.17, 15) is 43.9 Å². The van der Waals surface area contributed by atoms with Crippen molar-refractivity contribution in [2.24, 2.45) is 10.9 Å². The zero-order valence-corrected chi connectivity index (χ0v) is 22.8. The largest absolute Gasteiger partial charge is 0.416 e. The van der Waals surface area contributed by atoms with E-state index >= 15 is 0 Å². The molecule has 0 bridgehead atoms. The molecular formula is C26H20F7N7O3S. The molecule has 44 heavy (non-hydrogen) atoms. The van der Waals surface area contributed by atoms with Gasteiger partial charge >= 0.3 is 12.4 Å². The number of fused-ring (bicyclic) bond motifs is 1. The van der Waals surface area contributed by atoms with Gasteiger partial charge in [0, 0.05) is 12.1 Å². The smallest absolute Gasteiger partial charge is 0.366 e. The molecule has 1 amide bonds. The highest BCUT2D eigenvalue weighted by molar-refractivity contribution is 7.89. The van der Waals surface area contributed by atoms with Crippen LogP contribution in [-0.2, 0) is 22.7 Å². The van der Waals surface area contributed by atoms with Gasteiger partial charge in [0.2, 0.25) is 21.9 Å². The van der Waals surface area contributed by atoms with E-state index in [1.54, 1.807) is 0 Å². The Labute approximate surface area is 243 Å². The molecule has 1 aliphatic carbocycles. The summed E-state index contributed by atoms with van der Waals surface area (Å²) in [6.07, 6.45) is -10.2. The molecule has 1 fully saturated rings. The van der Waals surface area contributed by atoms with Crippen LogP contribution >= 0.6 is 0 Å². The quantitative estimate of drug-likeness (QED) is 0.200. The third-order valence-corrected chi connectivity index (χ3v) is 7.68. The predicted octanol–water partition coefficient (Wildman–Crippen LogP) is 4.71. The maximum absolute atomic E-state index is 13.9. The first-order chi connectivity index (χ1) is 20.4.